The molecule has 0 aromatic rings. The third-order valence-corrected chi connectivity index (χ3v) is 5.34. The SMILES string of the molecule is COC(=O)C(Br)CNS(=O)(=O)N1CCCCC1C. The summed E-state index contributed by atoms with van der Waals surface area (Å²) in [5.41, 5.74) is 0. The minimum atomic E-state index is -3.52. The van der Waals surface area contributed by atoms with Crippen LogP contribution in [0.2, 0.25) is 0 Å². The maximum atomic E-state index is 12.1. The van der Waals surface area contributed by atoms with Crippen molar-refractivity contribution in [3.8, 4) is 0 Å². The molecule has 0 aliphatic carbocycles. The average molecular weight is 343 g/mol. The van der Waals surface area contributed by atoms with Gasteiger partial charge in [0.2, 0.25) is 0 Å². The molecule has 1 rings (SSSR count). The van der Waals surface area contributed by atoms with Crippen molar-refractivity contribution in [2.24, 2.45) is 0 Å². The standard InChI is InChI=1S/C10H19BrN2O4S/c1-8-5-3-4-6-13(8)18(15,16)12-7-9(11)10(14)17-2/h8-9,12H,3-7H2,1-2H3. The van der Waals surface area contributed by atoms with Crippen LogP contribution in [0, 0.1) is 0 Å². The lowest BCUT2D eigenvalue weighted by Crippen LogP contribution is -2.49. The number of hydrogen-bond donors (Lipinski definition) is 1. The summed E-state index contributed by atoms with van der Waals surface area (Å²) in [6.45, 7) is 2.41. The van der Waals surface area contributed by atoms with E-state index in [1.807, 2.05) is 6.92 Å². The fourth-order valence-corrected chi connectivity index (χ4v) is 3.96. The Morgan fingerprint density at radius 1 is 1.56 bits per heavy atom. The van der Waals surface area contributed by atoms with Gasteiger partial charge in [-0.25, -0.2) is 4.72 Å². The Hall–Kier alpha value is -0.180. The van der Waals surface area contributed by atoms with Crippen molar-refractivity contribution >= 4 is 32.1 Å². The van der Waals surface area contributed by atoms with Gasteiger partial charge in [-0.1, -0.05) is 22.4 Å². The largest absolute Gasteiger partial charge is 0.468 e. The molecule has 18 heavy (non-hydrogen) atoms. The quantitative estimate of drug-likeness (QED) is 0.587. The van der Waals surface area contributed by atoms with E-state index < -0.39 is 21.0 Å². The van der Waals surface area contributed by atoms with Gasteiger partial charge < -0.3 is 4.74 Å². The summed E-state index contributed by atoms with van der Waals surface area (Å²) >= 11 is 3.08. The molecule has 1 N–H and O–H groups in total. The lowest BCUT2D eigenvalue weighted by molar-refractivity contribution is -0.139. The van der Waals surface area contributed by atoms with E-state index in [1.165, 1.54) is 11.4 Å². The first-order chi connectivity index (χ1) is 8.38. The number of nitrogens with zero attached hydrogens (tertiary/aromatic N) is 1. The highest BCUT2D eigenvalue weighted by molar-refractivity contribution is 9.10. The van der Waals surface area contributed by atoms with Gasteiger partial charge in [0.15, 0.2) is 0 Å². The lowest BCUT2D eigenvalue weighted by Gasteiger charge is -2.32. The topological polar surface area (TPSA) is 75.7 Å². The monoisotopic (exact) mass is 342 g/mol. The fourth-order valence-electron chi connectivity index (χ4n) is 1.90. The minimum Gasteiger partial charge on any atom is -0.468 e. The van der Waals surface area contributed by atoms with Gasteiger partial charge in [-0.2, -0.15) is 12.7 Å². The van der Waals surface area contributed by atoms with Gasteiger partial charge in [0.25, 0.3) is 10.2 Å². The third-order valence-electron chi connectivity index (χ3n) is 2.95. The zero-order valence-electron chi connectivity index (χ0n) is 10.6. The molecule has 0 spiro atoms. The number of carbonyl (C=O) groups is 1. The maximum absolute atomic E-state index is 12.1. The molecular formula is C10H19BrN2O4S. The van der Waals surface area contributed by atoms with E-state index in [1.54, 1.807) is 0 Å². The predicted octanol–water partition coefficient (Wildman–Crippen LogP) is 0.632. The van der Waals surface area contributed by atoms with Crippen LogP contribution in [0.15, 0.2) is 0 Å². The molecule has 0 bridgehead atoms. The number of rotatable bonds is 5. The molecule has 6 nitrogen and oxygen atoms in total. The molecule has 0 aromatic carbocycles. The molecule has 1 aliphatic rings. The van der Waals surface area contributed by atoms with Gasteiger partial charge in [-0.3, -0.25) is 4.79 Å². The first-order valence-corrected chi connectivity index (χ1v) is 8.22. The van der Waals surface area contributed by atoms with Crippen LogP contribution in [0.3, 0.4) is 0 Å². The van der Waals surface area contributed by atoms with Crippen molar-refractivity contribution in [3.63, 3.8) is 0 Å². The van der Waals surface area contributed by atoms with E-state index in [4.69, 9.17) is 0 Å². The summed E-state index contributed by atoms with van der Waals surface area (Å²) in [5.74, 6) is -0.496. The van der Waals surface area contributed by atoms with Crippen LogP contribution in [0.5, 0.6) is 0 Å². The maximum Gasteiger partial charge on any atom is 0.320 e. The van der Waals surface area contributed by atoms with Crippen molar-refractivity contribution in [1.82, 2.24) is 9.03 Å². The molecular weight excluding hydrogens is 324 g/mol. The van der Waals surface area contributed by atoms with Crippen LogP contribution in [-0.4, -0.2) is 49.8 Å². The molecule has 1 saturated heterocycles. The van der Waals surface area contributed by atoms with Crippen LogP contribution >= 0.6 is 15.9 Å². The number of nitrogens with one attached hydrogen (secondary N) is 1. The molecule has 106 valence electrons. The summed E-state index contributed by atoms with van der Waals surface area (Å²) < 4.78 is 32.5. The molecule has 1 fully saturated rings. The van der Waals surface area contributed by atoms with E-state index in [0.29, 0.717) is 6.54 Å². The van der Waals surface area contributed by atoms with E-state index in [-0.39, 0.29) is 12.6 Å². The highest BCUT2D eigenvalue weighted by atomic mass is 79.9. The van der Waals surface area contributed by atoms with E-state index >= 15 is 0 Å². The summed E-state index contributed by atoms with van der Waals surface area (Å²) in [5, 5.41) is 0. The lowest BCUT2D eigenvalue weighted by atomic mass is 10.1. The highest BCUT2D eigenvalue weighted by Gasteiger charge is 2.30. The first kappa shape index (κ1) is 15.9. The van der Waals surface area contributed by atoms with Crippen molar-refractivity contribution in [2.75, 3.05) is 20.2 Å². The first-order valence-electron chi connectivity index (χ1n) is 5.87. The number of ether oxygens (including phenoxy) is 1. The van der Waals surface area contributed by atoms with Crippen LogP contribution in [-0.2, 0) is 19.7 Å². The number of carbonyl (C=O) groups excluding carboxylic acids is 1. The number of piperidine rings is 1. The van der Waals surface area contributed by atoms with Gasteiger partial charge in [-0.15, -0.1) is 0 Å². The van der Waals surface area contributed by atoms with Gasteiger partial charge in [-0.05, 0) is 19.8 Å². The summed E-state index contributed by atoms with van der Waals surface area (Å²) in [4.78, 5) is 10.5. The third kappa shape index (κ3) is 4.18. The Labute approximate surface area is 116 Å². The summed E-state index contributed by atoms with van der Waals surface area (Å²) in [6, 6.07) is 0.00292. The van der Waals surface area contributed by atoms with Crippen LogP contribution in [0.4, 0.5) is 0 Å². The van der Waals surface area contributed by atoms with E-state index in [2.05, 4.69) is 25.4 Å². The number of alkyl halides is 1. The Morgan fingerprint density at radius 3 is 2.78 bits per heavy atom. The normalized spacial score (nSPS) is 23.6. The summed E-state index contributed by atoms with van der Waals surface area (Å²) in [6.07, 6.45) is 2.80. The molecule has 0 amide bonds. The van der Waals surface area contributed by atoms with Crippen molar-refractivity contribution in [1.29, 1.82) is 0 Å². The van der Waals surface area contributed by atoms with Crippen molar-refractivity contribution in [2.45, 2.75) is 37.1 Å². The Bertz CT molecular complexity index is 387. The molecule has 1 aliphatic heterocycles. The molecule has 1 heterocycles. The number of methoxy groups -OCH3 is 1. The second kappa shape index (κ2) is 6.83. The van der Waals surface area contributed by atoms with Gasteiger partial charge in [0, 0.05) is 19.1 Å². The van der Waals surface area contributed by atoms with E-state index in [9.17, 15) is 13.2 Å². The second-order valence-electron chi connectivity index (χ2n) is 4.30. The van der Waals surface area contributed by atoms with Crippen molar-refractivity contribution < 1.29 is 17.9 Å². The molecule has 2 atom stereocenters. The van der Waals surface area contributed by atoms with Gasteiger partial charge in [0.05, 0.1) is 7.11 Å². The molecule has 0 aromatic heterocycles. The number of halogens is 1. The zero-order valence-corrected chi connectivity index (χ0v) is 13.0. The predicted molar refractivity (Wildman–Crippen MR) is 71.7 cm³/mol. The summed E-state index contributed by atoms with van der Waals surface area (Å²) in [7, 11) is -2.26. The Morgan fingerprint density at radius 2 is 2.22 bits per heavy atom. The zero-order chi connectivity index (χ0) is 13.8. The molecule has 0 radical (unpaired) electrons. The number of hydrogen-bond acceptors (Lipinski definition) is 4. The Kier molecular flexibility index (Phi) is 6.03. The minimum absolute atomic E-state index is 0.00292. The average Bonchev–Trinajstić information content (AvgIpc) is 2.35. The smallest absolute Gasteiger partial charge is 0.320 e. The van der Waals surface area contributed by atoms with Gasteiger partial charge >= 0.3 is 5.97 Å². The molecule has 8 heteroatoms. The number of esters is 1. The van der Waals surface area contributed by atoms with E-state index in [0.717, 1.165) is 19.3 Å². The van der Waals surface area contributed by atoms with Crippen LogP contribution < -0.4 is 4.72 Å². The van der Waals surface area contributed by atoms with Crippen LogP contribution in [0.1, 0.15) is 26.2 Å². The fraction of sp³-hybridized carbons (Fsp3) is 0.900. The van der Waals surface area contributed by atoms with Gasteiger partial charge in [0.1, 0.15) is 4.83 Å². The molecule has 2 unspecified atom stereocenters. The van der Waals surface area contributed by atoms with Crippen LogP contribution in [0.25, 0.3) is 0 Å². The second-order valence-corrected chi connectivity index (χ2v) is 7.11. The molecule has 0 saturated carbocycles. The highest BCUT2D eigenvalue weighted by Crippen LogP contribution is 2.19. The van der Waals surface area contributed by atoms with Crippen molar-refractivity contribution in [3.05, 3.63) is 0 Å². The Balaban J connectivity index is 2.56.